The number of carbonyl (C=O) groups excluding carboxylic acids is 2. The highest BCUT2D eigenvalue weighted by molar-refractivity contribution is 6.30. The molecule has 1 atom stereocenters. The average Bonchev–Trinajstić information content (AvgIpc) is 2.94. The van der Waals surface area contributed by atoms with Gasteiger partial charge in [-0.3, -0.25) is 4.79 Å². The van der Waals surface area contributed by atoms with Gasteiger partial charge in [-0.05, 0) is 78.2 Å². The van der Waals surface area contributed by atoms with Crippen LogP contribution in [0.3, 0.4) is 0 Å². The lowest BCUT2D eigenvalue weighted by Gasteiger charge is -2.37. The van der Waals surface area contributed by atoms with Gasteiger partial charge in [0.05, 0.1) is 32.9 Å². The first-order valence-corrected chi connectivity index (χ1v) is 12.0. The van der Waals surface area contributed by atoms with Crippen LogP contribution < -0.4 is 18.9 Å². The molecule has 0 fully saturated rings. The fourth-order valence-electron chi connectivity index (χ4n) is 4.25. The van der Waals surface area contributed by atoms with Gasteiger partial charge in [0.2, 0.25) is 0 Å². The van der Waals surface area contributed by atoms with Crippen LogP contribution in [0.1, 0.15) is 27.5 Å². The maximum absolute atomic E-state index is 13.3. The minimum atomic E-state index is -0.425. The topological polar surface area (TPSA) is 83.5 Å². The highest BCUT2D eigenvalue weighted by Crippen LogP contribution is 2.38. The van der Waals surface area contributed by atoms with E-state index >= 15 is 0 Å². The second-order valence-corrected chi connectivity index (χ2v) is 8.76. The minimum Gasteiger partial charge on any atom is -0.493 e. The van der Waals surface area contributed by atoms with E-state index in [-0.39, 0.29) is 19.1 Å². The number of hydrogen-bond donors (Lipinski definition) is 0. The van der Waals surface area contributed by atoms with Crippen molar-refractivity contribution in [1.29, 1.82) is 0 Å². The van der Waals surface area contributed by atoms with Crippen molar-refractivity contribution in [3.8, 4) is 23.0 Å². The molecule has 0 radical (unpaired) electrons. The number of esters is 1. The normalized spacial score (nSPS) is 14.4. The Balaban J connectivity index is 1.56. The Labute approximate surface area is 220 Å². The fourth-order valence-corrected chi connectivity index (χ4v) is 4.37. The summed E-state index contributed by atoms with van der Waals surface area (Å²) in [4.78, 5) is 26.8. The van der Waals surface area contributed by atoms with Gasteiger partial charge in [-0.1, -0.05) is 11.6 Å². The molecule has 8 nitrogen and oxygen atoms in total. The predicted molar refractivity (Wildman–Crippen MR) is 138 cm³/mol. The number of methoxy groups -OCH3 is 3. The molecule has 4 rings (SSSR count). The van der Waals surface area contributed by atoms with Gasteiger partial charge in [-0.2, -0.15) is 0 Å². The van der Waals surface area contributed by atoms with E-state index in [1.165, 1.54) is 7.11 Å². The van der Waals surface area contributed by atoms with E-state index in [4.69, 9.17) is 35.3 Å². The van der Waals surface area contributed by atoms with Crippen molar-refractivity contribution >= 4 is 23.5 Å². The highest BCUT2D eigenvalue weighted by Gasteiger charge is 2.33. The number of benzene rings is 3. The summed E-state index contributed by atoms with van der Waals surface area (Å²) in [6.45, 7) is 0.544. The third-order valence-corrected chi connectivity index (χ3v) is 6.43. The van der Waals surface area contributed by atoms with E-state index in [9.17, 15) is 9.59 Å². The van der Waals surface area contributed by atoms with E-state index in [1.807, 2.05) is 12.1 Å². The van der Waals surface area contributed by atoms with Crippen molar-refractivity contribution in [3.05, 3.63) is 82.4 Å². The third-order valence-electron chi connectivity index (χ3n) is 6.18. The van der Waals surface area contributed by atoms with Gasteiger partial charge in [0.1, 0.15) is 18.1 Å². The standard InChI is InChI=1S/C28H28ClNO7/c1-33-25-14-19-12-13-30(27(31)17-37-22-10-6-20(29)7-11-22)24(23(19)15-26(25)34-2)16-36-21-8-4-18(5-9-21)28(32)35-3/h4-11,14-15,24H,12-13,16-17H2,1-3H3/t24-/m1/s1. The van der Waals surface area contributed by atoms with Crippen LogP contribution in [0.15, 0.2) is 60.7 Å². The molecule has 0 bridgehead atoms. The molecular weight excluding hydrogens is 498 g/mol. The second-order valence-electron chi connectivity index (χ2n) is 8.33. The fraction of sp³-hybridized carbons (Fsp3) is 0.286. The maximum atomic E-state index is 13.3. The zero-order valence-corrected chi connectivity index (χ0v) is 21.6. The van der Waals surface area contributed by atoms with Crippen LogP contribution in [-0.4, -0.2) is 57.9 Å². The number of carbonyl (C=O) groups is 2. The summed E-state index contributed by atoms with van der Waals surface area (Å²) in [6.07, 6.45) is 0.646. The zero-order chi connectivity index (χ0) is 26.4. The number of rotatable bonds is 9. The summed E-state index contributed by atoms with van der Waals surface area (Å²) in [5.74, 6) is 1.71. The Bertz CT molecular complexity index is 1240. The molecule has 1 aliphatic heterocycles. The number of fused-ring (bicyclic) bond motifs is 1. The number of nitrogens with zero attached hydrogens (tertiary/aromatic N) is 1. The van der Waals surface area contributed by atoms with Crippen molar-refractivity contribution in [2.45, 2.75) is 12.5 Å². The molecule has 9 heteroatoms. The molecule has 37 heavy (non-hydrogen) atoms. The number of halogens is 1. The smallest absolute Gasteiger partial charge is 0.337 e. The molecule has 0 unspecified atom stereocenters. The number of hydrogen-bond acceptors (Lipinski definition) is 7. The van der Waals surface area contributed by atoms with Crippen molar-refractivity contribution in [1.82, 2.24) is 4.90 Å². The minimum absolute atomic E-state index is 0.130. The van der Waals surface area contributed by atoms with Gasteiger partial charge in [-0.15, -0.1) is 0 Å². The first-order valence-electron chi connectivity index (χ1n) is 11.7. The van der Waals surface area contributed by atoms with Gasteiger partial charge in [-0.25, -0.2) is 4.79 Å². The highest BCUT2D eigenvalue weighted by atomic mass is 35.5. The summed E-state index contributed by atoms with van der Waals surface area (Å²) in [5.41, 5.74) is 2.38. The van der Waals surface area contributed by atoms with Crippen LogP contribution in [0.5, 0.6) is 23.0 Å². The van der Waals surface area contributed by atoms with Crippen LogP contribution in [0.25, 0.3) is 0 Å². The number of ether oxygens (including phenoxy) is 5. The lowest BCUT2D eigenvalue weighted by Crippen LogP contribution is -2.44. The van der Waals surface area contributed by atoms with E-state index < -0.39 is 12.0 Å². The first-order chi connectivity index (χ1) is 17.9. The lowest BCUT2D eigenvalue weighted by molar-refractivity contribution is -0.137. The van der Waals surface area contributed by atoms with Gasteiger partial charge in [0.15, 0.2) is 18.1 Å². The molecule has 0 spiro atoms. The summed E-state index contributed by atoms with van der Waals surface area (Å²) in [7, 11) is 4.50. The summed E-state index contributed by atoms with van der Waals surface area (Å²) < 4.78 is 27.5. The predicted octanol–water partition coefficient (Wildman–Crippen LogP) is 4.73. The number of amides is 1. The first kappa shape index (κ1) is 26.2. The second kappa shape index (κ2) is 11.9. The average molecular weight is 526 g/mol. The molecule has 3 aromatic carbocycles. The Morgan fingerprint density at radius 2 is 1.51 bits per heavy atom. The molecule has 194 valence electrons. The van der Waals surface area contributed by atoms with Gasteiger partial charge < -0.3 is 28.6 Å². The van der Waals surface area contributed by atoms with Gasteiger partial charge in [0, 0.05) is 11.6 Å². The van der Waals surface area contributed by atoms with E-state index in [2.05, 4.69) is 0 Å². The SMILES string of the molecule is COC(=O)c1ccc(OC[C@@H]2c3cc(OC)c(OC)cc3CCN2C(=O)COc2ccc(Cl)cc2)cc1. The van der Waals surface area contributed by atoms with Crippen LogP contribution >= 0.6 is 11.6 Å². The van der Waals surface area contributed by atoms with Crippen LogP contribution in [0.2, 0.25) is 5.02 Å². The van der Waals surface area contributed by atoms with Crippen LogP contribution in [0.4, 0.5) is 0 Å². The summed E-state index contributed by atoms with van der Waals surface area (Å²) in [5, 5.41) is 0.590. The lowest BCUT2D eigenvalue weighted by atomic mass is 9.92. The molecule has 0 saturated carbocycles. The molecule has 1 heterocycles. The molecule has 0 saturated heterocycles. The molecular formula is C28H28ClNO7. The molecule has 0 aliphatic carbocycles. The molecule has 1 amide bonds. The van der Waals surface area contributed by atoms with Gasteiger partial charge >= 0.3 is 5.97 Å². The molecule has 0 aromatic heterocycles. The van der Waals surface area contributed by atoms with Gasteiger partial charge in [0.25, 0.3) is 5.91 Å². The zero-order valence-electron chi connectivity index (χ0n) is 20.9. The van der Waals surface area contributed by atoms with Crippen molar-refractivity contribution in [2.75, 3.05) is 41.1 Å². The van der Waals surface area contributed by atoms with Crippen molar-refractivity contribution in [3.63, 3.8) is 0 Å². The Morgan fingerprint density at radius 1 is 0.892 bits per heavy atom. The monoisotopic (exact) mass is 525 g/mol. The molecule has 0 N–H and O–H groups in total. The Morgan fingerprint density at radius 3 is 2.16 bits per heavy atom. The van der Waals surface area contributed by atoms with E-state index in [1.54, 1.807) is 67.7 Å². The van der Waals surface area contributed by atoms with E-state index in [0.717, 1.165) is 11.1 Å². The quantitative estimate of drug-likeness (QED) is 0.373. The molecule has 1 aliphatic rings. The Kier molecular flexibility index (Phi) is 8.40. The summed E-state index contributed by atoms with van der Waals surface area (Å²) >= 11 is 5.94. The van der Waals surface area contributed by atoms with Crippen LogP contribution in [0, 0.1) is 0 Å². The van der Waals surface area contributed by atoms with Crippen molar-refractivity contribution in [2.24, 2.45) is 0 Å². The van der Waals surface area contributed by atoms with Crippen LogP contribution in [-0.2, 0) is 16.0 Å². The maximum Gasteiger partial charge on any atom is 0.337 e. The summed E-state index contributed by atoms with van der Waals surface area (Å²) in [6, 6.07) is 16.9. The largest absolute Gasteiger partial charge is 0.493 e. The molecule has 3 aromatic rings. The van der Waals surface area contributed by atoms with Crippen molar-refractivity contribution < 1.29 is 33.3 Å². The van der Waals surface area contributed by atoms with E-state index in [0.29, 0.717) is 46.5 Å². The Hall–Kier alpha value is -3.91. The third kappa shape index (κ3) is 6.09.